The van der Waals surface area contributed by atoms with E-state index in [1.807, 2.05) is 13.1 Å². The summed E-state index contributed by atoms with van der Waals surface area (Å²) in [5.41, 5.74) is 0.834. The summed E-state index contributed by atoms with van der Waals surface area (Å²) in [6.45, 7) is 4.26. The van der Waals surface area contributed by atoms with Crippen LogP contribution < -0.4 is 0 Å². The second-order valence-electron chi connectivity index (χ2n) is 6.75. The molecule has 4 heteroatoms. The van der Waals surface area contributed by atoms with Gasteiger partial charge in [0.05, 0.1) is 5.69 Å². The minimum absolute atomic E-state index is 0.0161. The van der Waals surface area contributed by atoms with Gasteiger partial charge in [0.25, 0.3) is 0 Å². The van der Waals surface area contributed by atoms with Gasteiger partial charge in [-0.3, -0.25) is 14.3 Å². The number of carbonyl (C=O) groups is 2. The number of ketones is 2. The first-order chi connectivity index (χ1) is 9.37. The van der Waals surface area contributed by atoms with Crippen LogP contribution in [0.5, 0.6) is 0 Å². The van der Waals surface area contributed by atoms with Gasteiger partial charge in [-0.05, 0) is 29.9 Å². The molecule has 0 bridgehead atoms. The van der Waals surface area contributed by atoms with Gasteiger partial charge in [0.2, 0.25) is 0 Å². The van der Waals surface area contributed by atoms with Gasteiger partial charge in [0.1, 0.15) is 5.41 Å². The van der Waals surface area contributed by atoms with Crippen LogP contribution in [-0.2, 0) is 16.6 Å². The molecular weight excluding hydrogens is 252 g/mol. The van der Waals surface area contributed by atoms with E-state index < -0.39 is 5.41 Å². The largest absolute Gasteiger partial charge is 0.298 e. The number of nitrogens with zero attached hydrogens (tertiary/aromatic N) is 2. The normalized spacial score (nSPS) is 24.2. The Hall–Kier alpha value is -1.71. The van der Waals surface area contributed by atoms with Crippen LogP contribution in [0.2, 0.25) is 0 Å². The highest BCUT2D eigenvalue weighted by Gasteiger charge is 2.56. The lowest BCUT2D eigenvalue weighted by atomic mass is 9.61. The molecule has 0 aromatic carbocycles. The molecule has 0 aliphatic heterocycles. The first kappa shape index (κ1) is 13.3. The number of rotatable bonds is 1. The van der Waals surface area contributed by atoms with E-state index in [1.165, 1.54) is 0 Å². The fourth-order valence-electron chi connectivity index (χ4n) is 3.71. The average molecular weight is 272 g/mol. The van der Waals surface area contributed by atoms with E-state index in [0.717, 1.165) is 17.7 Å². The van der Waals surface area contributed by atoms with Crippen LogP contribution in [0.1, 0.15) is 45.2 Å². The first-order valence-electron chi connectivity index (χ1n) is 7.12. The predicted octanol–water partition coefficient (Wildman–Crippen LogP) is 2.54. The smallest absolute Gasteiger partial charge is 0.151 e. The van der Waals surface area contributed by atoms with Crippen molar-refractivity contribution in [2.24, 2.45) is 17.9 Å². The Bertz CT molecular complexity index is 606. The SMILES string of the molecule is Cn1nccc1C1=CCC(C)(C)CC12C(=O)CCC2=O. The molecule has 1 saturated carbocycles. The zero-order chi connectivity index (χ0) is 14.5. The van der Waals surface area contributed by atoms with E-state index in [2.05, 4.69) is 25.0 Å². The van der Waals surface area contributed by atoms with Gasteiger partial charge in [0, 0.05) is 26.1 Å². The number of hydrogen-bond acceptors (Lipinski definition) is 3. The highest BCUT2D eigenvalue weighted by Crippen LogP contribution is 2.54. The molecule has 106 valence electrons. The molecule has 1 heterocycles. The first-order valence-corrected chi connectivity index (χ1v) is 7.12. The molecular formula is C16H20N2O2. The lowest BCUT2D eigenvalue weighted by Gasteiger charge is -2.40. The number of Topliss-reactive ketones (excluding diaryl/α,β-unsaturated/α-hetero) is 2. The third-order valence-electron chi connectivity index (χ3n) is 4.69. The van der Waals surface area contributed by atoms with Crippen LogP contribution in [0.3, 0.4) is 0 Å². The summed E-state index contributed by atoms with van der Waals surface area (Å²) < 4.78 is 1.75. The van der Waals surface area contributed by atoms with Crippen LogP contribution in [0, 0.1) is 10.8 Å². The van der Waals surface area contributed by atoms with Crippen molar-refractivity contribution >= 4 is 17.1 Å². The minimum atomic E-state index is -0.921. The molecule has 0 saturated heterocycles. The molecule has 2 aliphatic rings. The molecule has 1 aromatic heterocycles. The molecule has 1 spiro atoms. The van der Waals surface area contributed by atoms with Crippen LogP contribution in [0.4, 0.5) is 0 Å². The monoisotopic (exact) mass is 272 g/mol. The molecule has 0 atom stereocenters. The van der Waals surface area contributed by atoms with Gasteiger partial charge in [0.15, 0.2) is 11.6 Å². The third-order valence-corrected chi connectivity index (χ3v) is 4.69. The topological polar surface area (TPSA) is 52.0 Å². The third kappa shape index (κ3) is 1.70. The molecule has 0 N–H and O–H groups in total. The number of aryl methyl sites for hydroxylation is 1. The number of hydrogen-bond donors (Lipinski definition) is 0. The van der Waals surface area contributed by atoms with Gasteiger partial charge in [-0.25, -0.2) is 0 Å². The Morgan fingerprint density at radius 2 is 1.85 bits per heavy atom. The van der Waals surface area contributed by atoms with E-state index >= 15 is 0 Å². The van der Waals surface area contributed by atoms with Crippen molar-refractivity contribution in [3.8, 4) is 0 Å². The van der Waals surface area contributed by atoms with Crippen molar-refractivity contribution in [2.75, 3.05) is 0 Å². The summed E-state index contributed by atoms with van der Waals surface area (Å²) in [6, 6.07) is 1.89. The van der Waals surface area contributed by atoms with Crippen molar-refractivity contribution in [3.63, 3.8) is 0 Å². The Morgan fingerprint density at radius 1 is 1.20 bits per heavy atom. The van der Waals surface area contributed by atoms with Crippen molar-refractivity contribution < 1.29 is 9.59 Å². The molecule has 0 amide bonds. The van der Waals surface area contributed by atoms with E-state index in [4.69, 9.17) is 0 Å². The van der Waals surface area contributed by atoms with Gasteiger partial charge in [-0.2, -0.15) is 5.10 Å². The number of allylic oxidation sites excluding steroid dienone is 2. The van der Waals surface area contributed by atoms with Gasteiger partial charge >= 0.3 is 0 Å². The zero-order valence-electron chi connectivity index (χ0n) is 12.3. The Kier molecular flexibility index (Phi) is 2.75. The maximum absolute atomic E-state index is 12.6. The average Bonchev–Trinajstić information content (AvgIpc) is 2.90. The minimum Gasteiger partial charge on any atom is -0.298 e. The maximum atomic E-state index is 12.6. The van der Waals surface area contributed by atoms with Crippen molar-refractivity contribution in [3.05, 3.63) is 24.0 Å². The van der Waals surface area contributed by atoms with Crippen LogP contribution in [0.15, 0.2) is 18.3 Å². The predicted molar refractivity (Wildman–Crippen MR) is 75.9 cm³/mol. The Labute approximate surface area is 118 Å². The summed E-state index contributed by atoms with van der Waals surface area (Å²) in [6.07, 6.45) is 6.06. The van der Waals surface area contributed by atoms with E-state index in [9.17, 15) is 9.59 Å². The van der Waals surface area contributed by atoms with Crippen molar-refractivity contribution in [1.82, 2.24) is 9.78 Å². The van der Waals surface area contributed by atoms with Crippen molar-refractivity contribution in [1.29, 1.82) is 0 Å². The van der Waals surface area contributed by atoms with Crippen LogP contribution >= 0.6 is 0 Å². The zero-order valence-corrected chi connectivity index (χ0v) is 12.3. The summed E-state index contributed by atoms with van der Waals surface area (Å²) in [5.74, 6) is 0.172. The summed E-state index contributed by atoms with van der Waals surface area (Å²) >= 11 is 0. The standard InChI is InChI=1S/C16H20N2O2/c1-15(2)8-6-11(12-7-9-17-18(12)3)16(10-15)13(19)4-5-14(16)20/h6-7,9H,4-5,8,10H2,1-3H3. The maximum Gasteiger partial charge on any atom is 0.151 e. The molecule has 0 unspecified atom stereocenters. The van der Waals surface area contributed by atoms with E-state index in [0.29, 0.717) is 19.3 Å². The number of aromatic nitrogens is 2. The summed E-state index contributed by atoms with van der Waals surface area (Å²) in [5, 5.41) is 4.19. The van der Waals surface area contributed by atoms with Gasteiger partial charge in [-0.15, -0.1) is 0 Å². The Morgan fingerprint density at radius 3 is 2.40 bits per heavy atom. The molecule has 1 fully saturated rings. The summed E-state index contributed by atoms with van der Waals surface area (Å²) in [7, 11) is 1.85. The lowest BCUT2D eigenvalue weighted by Crippen LogP contribution is -2.41. The second kappa shape index (κ2) is 4.14. The Balaban J connectivity index is 2.20. The molecule has 3 rings (SSSR count). The quantitative estimate of drug-likeness (QED) is 0.738. The number of carbonyl (C=O) groups excluding carboxylic acids is 2. The highest BCUT2D eigenvalue weighted by molar-refractivity contribution is 6.21. The molecule has 0 radical (unpaired) electrons. The summed E-state index contributed by atoms with van der Waals surface area (Å²) in [4.78, 5) is 25.1. The lowest BCUT2D eigenvalue weighted by molar-refractivity contribution is -0.133. The van der Waals surface area contributed by atoms with Crippen LogP contribution in [-0.4, -0.2) is 21.3 Å². The molecule has 20 heavy (non-hydrogen) atoms. The van der Waals surface area contributed by atoms with Crippen LogP contribution in [0.25, 0.3) is 5.57 Å². The van der Waals surface area contributed by atoms with E-state index in [1.54, 1.807) is 10.9 Å². The fraction of sp³-hybridized carbons (Fsp3) is 0.562. The van der Waals surface area contributed by atoms with Gasteiger partial charge < -0.3 is 0 Å². The van der Waals surface area contributed by atoms with E-state index in [-0.39, 0.29) is 17.0 Å². The molecule has 2 aliphatic carbocycles. The highest BCUT2D eigenvalue weighted by atomic mass is 16.2. The second-order valence-corrected chi connectivity index (χ2v) is 6.75. The van der Waals surface area contributed by atoms with Crippen molar-refractivity contribution in [2.45, 2.75) is 39.5 Å². The molecule has 4 nitrogen and oxygen atoms in total. The fourth-order valence-corrected chi connectivity index (χ4v) is 3.71. The molecule has 1 aromatic rings. The van der Waals surface area contributed by atoms with Gasteiger partial charge in [-0.1, -0.05) is 19.9 Å².